The van der Waals surface area contributed by atoms with E-state index in [4.69, 9.17) is 9.47 Å². The highest BCUT2D eigenvalue weighted by Gasteiger charge is 2.36. The zero-order valence-corrected chi connectivity index (χ0v) is 27.1. The molecule has 11 nitrogen and oxygen atoms in total. The van der Waals surface area contributed by atoms with Crippen LogP contribution >= 0.6 is 0 Å². The lowest BCUT2D eigenvalue weighted by molar-refractivity contribution is -0.138. The van der Waals surface area contributed by atoms with Crippen LogP contribution in [-0.2, 0) is 38.6 Å². The van der Waals surface area contributed by atoms with Gasteiger partial charge >= 0.3 is 0 Å². The molecule has 3 aromatic carbocycles. The summed E-state index contributed by atoms with van der Waals surface area (Å²) in [6, 6.07) is 22.1. The van der Waals surface area contributed by atoms with Gasteiger partial charge in [0, 0.05) is 39.1 Å². The van der Waals surface area contributed by atoms with Crippen LogP contribution in [0.3, 0.4) is 0 Å². The van der Waals surface area contributed by atoms with Crippen LogP contribution in [0.25, 0.3) is 0 Å². The molecule has 0 saturated carbocycles. The molecule has 4 amide bonds. The van der Waals surface area contributed by atoms with Crippen LogP contribution in [0, 0.1) is 0 Å². The number of fused-ring (bicyclic) bond motifs is 2. The van der Waals surface area contributed by atoms with Crippen LogP contribution < -0.4 is 20.7 Å². The van der Waals surface area contributed by atoms with Gasteiger partial charge in [0.25, 0.3) is 5.91 Å². The molecule has 0 radical (unpaired) electrons. The van der Waals surface area contributed by atoms with Gasteiger partial charge in [-0.3, -0.25) is 24.1 Å². The summed E-state index contributed by atoms with van der Waals surface area (Å²) in [6.07, 6.45) is 1.51. The number of rotatable bonds is 7. The van der Waals surface area contributed by atoms with E-state index >= 15 is 0 Å². The van der Waals surface area contributed by atoms with Gasteiger partial charge < -0.3 is 30.3 Å². The molecule has 3 N–H and O–H groups in total. The Morgan fingerprint density at radius 1 is 0.854 bits per heavy atom. The van der Waals surface area contributed by atoms with E-state index in [1.807, 2.05) is 48.5 Å². The number of hydrogen-bond acceptors (Lipinski definition) is 7. The number of hydrogen-bond donors (Lipinski definition) is 3. The molecule has 0 bridgehead atoms. The van der Waals surface area contributed by atoms with Gasteiger partial charge in [-0.2, -0.15) is 0 Å². The largest absolute Gasteiger partial charge is 0.491 e. The highest BCUT2D eigenvalue weighted by atomic mass is 16.5. The van der Waals surface area contributed by atoms with Gasteiger partial charge in [0.05, 0.1) is 31.2 Å². The lowest BCUT2D eigenvalue weighted by Crippen LogP contribution is -2.54. The van der Waals surface area contributed by atoms with E-state index in [1.165, 1.54) is 0 Å². The predicted molar refractivity (Wildman–Crippen MR) is 179 cm³/mol. The second kappa shape index (κ2) is 15.9. The molecule has 0 spiro atoms. The van der Waals surface area contributed by atoms with Gasteiger partial charge in [-0.05, 0) is 41.7 Å². The third-order valence-electron chi connectivity index (χ3n) is 9.12. The summed E-state index contributed by atoms with van der Waals surface area (Å²) >= 11 is 0. The van der Waals surface area contributed by atoms with Crippen LogP contribution in [0.15, 0.2) is 78.9 Å². The van der Waals surface area contributed by atoms with Crippen molar-refractivity contribution in [3.8, 4) is 5.75 Å². The number of morpholine rings is 1. The Balaban J connectivity index is 1.21. The molecule has 0 aromatic heterocycles. The molecule has 3 atom stereocenters. The van der Waals surface area contributed by atoms with Gasteiger partial charge in [0.15, 0.2) is 0 Å². The molecule has 2 fully saturated rings. The molecule has 3 aliphatic heterocycles. The fourth-order valence-corrected chi connectivity index (χ4v) is 6.57. The van der Waals surface area contributed by atoms with E-state index < -0.39 is 29.8 Å². The molecule has 11 heteroatoms. The van der Waals surface area contributed by atoms with Gasteiger partial charge in [0.2, 0.25) is 17.7 Å². The SMILES string of the molecule is O=C1C[C@@H](C(=O)NCc2cccc(CN3CCOCC3)c2)NC(=O)c2ccccc2OC[C@H]2CCCN2C(=O)[C@H](Cc2ccccc2)N1. The Labute approximate surface area is 281 Å². The summed E-state index contributed by atoms with van der Waals surface area (Å²) in [4.78, 5) is 59.0. The fourth-order valence-electron chi connectivity index (χ4n) is 6.57. The van der Waals surface area contributed by atoms with Crippen molar-refractivity contribution in [2.45, 2.75) is 56.9 Å². The van der Waals surface area contributed by atoms with Crippen LogP contribution in [0.5, 0.6) is 5.75 Å². The second-order valence-corrected chi connectivity index (χ2v) is 12.6. The highest BCUT2D eigenvalue weighted by Crippen LogP contribution is 2.24. The van der Waals surface area contributed by atoms with E-state index in [0.717, 1.165) is 49.2 Å². The van der Waals surface area contributed by atoms with Gasteiger partial charge in [-0.25, -0.2) is 0 Å². The Morgan fingerprint density at radius 2 is 1.60 bits per heavy atom. The van der Waals surface area contributed by atoms with E-state index in [0.29, 0.717) is 31.9 Å². The minimum atomic E-state index is -1.20. The number of para-hydroxylation sites is 1. The molecule has 252 valence electrons. The molecule has 3 aliphatic rings. The first-order valence-electron chi connectivity index (χ1n) is 16.7. The number of benzene rings is 3. The summed E-state index contributed by atoms with van der Waals surface area (Å²) in [6.45, 7) is 4.93. The molecule has 6 rings (SSSR count). The van der Waals surface area contributed by atoms with Crippen LogP contribution in [0.1, 0.15) is 46.3 Å². The zero-order valence-electron chi connectivity index (χ0n) is 27.1. The molecular formula is C37H43N5O6. The highest BCUT2D eigenvalue weighted by molar-refractivity contribution is 6.01. The topological polar surface area (TPSA) is 129 Å². The minimum Gasteiger partial charge on any atom is -0.491 e. The van der Waals surface area contributed by atoms with E-state index in [-0.39, 0.29) is 37.1 Å². The maximum Gasteiger partial charge on any atom is 0.255 e. The molecule has 2 saturated heterocycles. The van der Waals surface area contributed by atoms with Crippen molar-refractivity contribution in [2.24, 2.45) is 0 Å². The number of nitrogens with zero attached hydrogens (tertiary/aromatic N) is 2. The quantitative estimate of drug-likeness (QED) is 0.357. The molecular weight excluding hydrogens is 610 g/mol. The summed E-state index contributed by atoms with van der Waals surface area (Å²) in [5, 5.41) is 8.60. The van der Waals surface area contributed by atoms with Crippen molar-refractivity contribution in [3.05, 3.63) is 101 Å². The first-order valence-corrected chi connectivity index (χ1v) is 16.7. The third kappa shape index (κ3) is 8.59. The first kappa shape index (κ1) is 33.2. The Bertz CT molecular complexity index is 1590. The van der Waals surface area contributed by atoms with Crippen LogP contribution in [0.2, 0.25) is 0 Å². The van der Waals surface area contributed by atoms with E-state index in [2.05, 4.69) is 26.9 Å². The number of nitrogens with one attached hydrogen (secondary N) is 3. The van der Waals surface area contributed by atoms with Gasteiger partial charge in [0.1, 0.15) is 24.4 Å². The molecule has 0 aliphatic carbocycles. The lowest BCUT2D eigenvalue weighted by atomic mass is 10.0. The van der Waals surface area contributed by atoms with Crippen molar-refractivity contribution < 1.29 is 28.7 Å². The fraction of sp³-hybridized carbons (Fsp3) is 0.405. The smallest absolute Gasteiger partial charge is 0.255 e. The Hall–Kier alpha value is -4.74. The molecule has 3 heterocycles. The maximum absolute atomic E-state index is 14.0. The van der Waals surface area contributed by atoms with Crippen molar-refractivity contribution in [2.75, 3.05) is 39.5 Å². The number of carbonyl (C=O) groups is 4. The van der Waals surface area contributed by atoms with Crippen molar-refractivity contribution in [3.63, 3.8) is 0 Å². The maximum atomic E-state index is 14.0. The Morgan fingerprint density at radius 3 is 2.44 bits per heavy atom. The minimum absolute atomic E-state index is 0.189. The number of amides is 4. The normalized spacial score (nSPS) is 22.4. The average Bonchev–Trinajstić information content (AvgIpc) is 3.58. The summed E-state index contributed by atoms with van der Waals surface area (Å²) in [5.74, 6) is -1.37. The summed E-state index contributed by atoms with van der Waals surface area (Å²) in [7, 11) is 0. The molecule has 48 heavy (non-hydrogen) atoms. The van der Waals surface area contributed by atoms with Gasteiger partial charge in [-0.1, -0.05) is 66.7 Å². The van der Waals surface area contributed by atoms with E-state index in [9.17, 15) is 19.2 Å². The van der Waals surface area contributed by atoms with Crippen LogP contribution in [0.4, 0.5) is 0 Å². The molecule has 0 unspecified atom stereocenters. The van der Waals surface area contributed by atoms with E-state index in [1.54, 1.807) is 29.2 Å². The van der Waals surface area contributed by atoms with Crippen molar-refractivity contribution >= 4 is 23.6 Å². The standard InChI is InChI=1S/C37H43N5O6/c43-34-22-31(36(45)38-23-27-10-6-11-28(20-27)24-41-16-18-47-19-17-41)40-35(44)30-13-4-5-14-33(30)48-25-29-12-7-15-42(29)37(46)32(39-34)21-26-8-2-1-3-9-26/h1-6,8-11,13-14,20,29,31-32H,7,12,15-19,21-25H2,(H,38,45)(H,39,43)(H,40,44)/t29-,31+,32+/m1/s1. The zero-order chi connectivity index (χ0) is 33.3. The van der Waals surface area contributed by atoms with Crippen LogP contribution in [-0.4, -0.2) is 91.0 Å². The number of ether oxygens (including phenoxy) is 2. The monoisotopic (exact) mass is 653 g/mol. The number of carbonyl (C=O) groups excluding carboxylic acids is 4. The lowest BCUT2D eigenvalue weighted by Gasteiger charge is -2.30. The Kier molecular flexibility index (Phi) is 11.0. The molecule has 3 aromatic rings. The first-order chi connectivity index (χ1) is 23.4. The summed E-state index contributed by atoms with van der Waals surface area (Å²) < 4.78 is 11.6. The van der Waals surface area contributed by atoms with Crippen molar-refractivity contribution in [1.29, 1.82) is 0 Å². The predicted octanol–water partition coefficient (Wildman–Crippen LogP) is 2.43. The van der Waals surface area contributed by atoms with Gasteiger partial charge in [-0.15, -0.1) is 0 Å². The van der Waals surface area contributed by atoms with Crippen molar-refractivity contribution in [1.82, 2.24) is 25.8 Å². The second-order valence-electron chi connectivity index (χ2n) is 12.6. The third-order valence-corrected chi connectivity index (χ3v) is 9.12. The summed E-state index contributed by atoms with van der Waals surface area (Å²) in [5.41, 5.74) is 3.18. The average molecular weight is 654 g/mol.